The van der Waals surface area contributed by atoms with Gasteiger partial charge in [0.05, 0.1) is 5.69 Å². The molecule has 0 fully saturated rings. The van der Waals surface area contributed by atoms with Crippen LogP contribution < -0.4 is 15.6 Å². The minimum atomic E-state index is -0.435. The molecule has 7 heteroatoms. The summed E-state index contributed by atoms with van der Waals surface area (Å²) in [5.41, 5.74) is 6.87. The first kappa shape index (κ1) is 18.2. The smallest absolute Gasteiger partial charge is 0.269 e. The largest absolute Gasteiger partial charge is 0.457 e. The van der Waals surface area contributed by atoms with E-state index in [-0.39, 0.29) is 12.5 Å². The number of benzene rings is 2. The zero-order chi connectivity index (χ0) is 19.2. The summed E-state index contributed by atoms with van der Waals surface area (Å²) in [7, 11) is 0. The highest BCUT2D eigenvalue weighted by Gasteiger charge is 2.11. The van der Waals surface area contributed by atoms with Gasteiger partial charge in [-0.25, -0.2) is 0 Å². The first-order valence-corrected chi connectivity index (χ1v) is 8.44. The van der Waals surface area contributed by atoms with Crippen LogP contribution >= 0.6 is 0 Å². The van der Waals surface area contributed by atoms with Crippen LogP contribution in [0.4, 0.5) is 0 Å². The van der Waals surface area contributed by atoms with E-state index >= 15 is 0 Å². The van der Waals surface area contributed by atoms with Gasteiger partial charge < -0.3 is 4.74 Å². The molecular weight excluding hydrogens is 344 g/mol. The second-order valence-electron chi connectivity index (χ2n) is 6.03. The third-order valence-corrected chi connectivity index (χ3v) is 3.79. The van der Waals surface area contributed by atoms with E-state index in [4.69, 9.17) is 4.74 Å². The lowest BCUT2D eigenvalue weighted by molar-refractivity contribution is -0.122. The Morgan fingerprint density at radius 1 is 0.963 bits per heavy atom. The lowest BCUT2D eigenvalue weighted by atomic mass is 10.2. The first-order valence-electron chi connectivity index (χ1n) is 8.44. The van der Waals surface area contributed by atoms with Gasteiger partial charge in [-0.1, -0.05) is 24.3 Å². The summed E-state index contributed by atoms with van der Waals surface area (Å²) in [5.74, 6) is 0.400. The Balaban J connectivity index is 1.57. The SMILES string of the molecule is Cc1cc(C)n(CC(=O)NNC(=O)c2cccc(Oc3ccccc3)c2)n1. The zero-order valence-electron chi connectivity index (χ0n) is 15.1. The fourth-order valence-electron chi connectivity index (χ4n) is 2.53. The molecule has 2 N–H and O–H groups in total. The van der Waals surface area contributed by atoms with E-state index in [0.29, 0.717) is 17.1 Å². The van der Waals surface area contributed by atoms with Gasteiger partial charge >= 0.3 is 0 Å². The molecule has 2 amide bonds. The third kappa shape index (κ3) is 4.94. The molecule has 0 unspecified atom stereocenters. The molecule has 3 aromatic rings. The normalized spacial score (nSPS) is 10.3. The van der Waals surface area contributed by atoms with Crippen LogP contribution in [0.5, 0.6) is 11.5 Å². The van der Waals surface area contributed by atoms with Gasteiger partial charge in [0.1, 0.15) is 18.0 Å². The summed E-state index contributed by atoms with van der Waals surface area (Å²) in [6, 6.07) is 17.9. The molecule has 0 spiro atoms. The molecule has 0 aliphatic rings. The number of carbonyl (C=O) groups excluding carboxylic acids is 2. The van der Waals surface area contributed by atoms with E-state index in [1.165, 1.54) is 0 Å². The van der Waals surface area contributed by atoms with Crippen LogP contribution in [0.2, 0.25) is 0 Å². The molecule has 0 aliphatic carbocycles. The maximum absolute atomic E-state index is 12.3. The van der Waals surface area contributed by atoms with Gasteiger partial charge in [0.2, 0.25) is 0 Å². The van der Waals surface area contributed by atoms with Crippen LogP contribution in [0, 0.1) is 13.8 Å². The number of hydrogen-bond donors (Lipinski definition) is 2. The number of para-hydroxylation sites is 1. The fraction of sp³-hybridized carbons (Fsp3) is 0.150. The third-order valence-electron chi connectivity index (χ3n) is 3.79. The molecule has 1 heterocycles. The molecular formula is C20H20N4O3. The summed E-state index contributed by atoms with van der Waals surface area (Å²) in [4.78, 5) is 24.3. The van der Waals surface area contributed by atoms with Crippen molar-refractivity contribution in [2.24, 2.45) is 0 Å². The Bertz CT molecular complexity index is 951. The van der Waals surface area contributed by atoms with Crippen LogP contribution in [-0.2, 0) is 11.3 Å². The van der Waals surface area contributed by atoms with E-state index in [1.807, 2.05) is 50.2 Å². The average molecular weight is 364 g/mol. The predicted octanol–water partition coefficient (Wildman–Crippen LogP) is 2.75. The van der Waals surface area contributed by atoms with Crippen LogP contribution in [0.25, 0.3) is 0 Å². The minimum absolute atomic E-state index is 0.0249. The van der Waals surface area contributed by atoms with Crippen molar-refractivity contribution in [3.05, 3.63) is 77.6 Å². The number of aryl methyl sites for hydroxylation is 2. The summed E-state index contributed by atoms with van der Waals surface area (Å²) in [6.07, 6.45) is 0. The molecule has 0 saturated carbocycles. The van der Waals surface area contributed by atoms with Gasteiger partial charge in [-0.05, 0) is 50.2 Å². The van der Waals surface area contributed by atoms with Crippen LogP contribution in [-0.4, -0.2) is 21.6 Å². The van der Waals surface area contributed by atoms with Crippen molar-refractivity contribution < 1.29 is 14.3 Å². The summed E-state index contributed by atoms with van der Waals surface area (Å²) < 4.78 is 7.28. The van der Waals surface area contributed by atoms with Gasteiger partial charge in [-0.2, -0.15) is 5.10 Å². The van der Waals surface area contributed by atoms with Crippen molar-refractivity contribution in [3.63, 3.8) is 0 Å². The second-order valence-corrected chi connectivity index (χ2v) is 6.03. The molecule has 0 bridgehead atoms. The summed E-state index contributed by atoms with van der Waals surface area (Å²) >= 11 is 0. The number of aromatic nitrogens is 2. The van der Waals surface area contributed by atoms with Gasteiger partial charge in [0.15, 0.2) is 0 Å². The van der Waals surface area contributed by atoms with Crippen molar-refractivity contribution in [1.82, 2.24) is 20.6 Å². The van der Waals surface area contributed by atoms with Crippen molar-refractivity contribution in [1.29, 1.82) is 0 Å². The Hall–Kier alpha value is -3.61. The Labute approximate surface area is 156 Å². The highest BCUT2D eigenvalue weighted by molar-refractivity contribution is 5.95. The number of hydrazine groups is 1. The van der Waals surface area contributed by atoms with Crippen molar-refractivity contribution in [2.75, 3.05) is 0 Å². The molecule has 0 aliphatic heterocycles. The topological polar surface area (TPSA) is 85.2 Å². The molecule has 138 valence electrons. The number of ether oxygens (including phenoxy) is 1. The predicted molar refractivity (Wildman–Crippen MR) is 100 cm³/mol. The van der Waals surface area contributed by atoms with Gasteiger partial charge in [0.25, 0.3) is 11.8 Å². The first-order chi connectivity index (χ1) is 13.0. The Kier molecular flexibility index (Phi) is 5.51. The van der Waals surface area contributed by atoms with E-state index < -0.39 is 5.91 Å². The molecule has 27 heavy (non-hydrogen) atoms. The highest BCUT2D eigenvalue weighted by Crippen LogP contribution is 2.21. The summed E-state index contributed by atoms with van der Waals surface area (Å²) in [5, 5.41) is 4.21. The van der Waals surface area contributed by atoms with Crippen molar-refractivity contribution in [2.45, 2.75) is 20.4 Å². The standard InChI is InChI=1S/C20H20N4O3/c1-14-11-15(2)24(23-14)13-19(25)21-22-20(26)16-7-6-10-18(12-16)27-17-8-4-3-5-9-17/h3-12H,13H2,1-2H3,(H,21,25)(H,22,26). The fourth-order valence-corrected chi connectivity index (χ4v) is 2.53. The van der Waals surface area contributed by atoms with Crippen molar-refractivity contribution >= 4 is 11.8 Å². The monoisotopic (exact) mass is 364 g/mol. The molecule has 0 atom stereocenters. The molecule has 7 nitrogen and oxygen atoms in total. The minimum Gasteiger partial charge on any atom is -0.457 e. The molecule has 3 rings (SSSR count). The van der Waals surface area contributed by atoms with Crippen LogP contribution in [0.3, 0.4) is 0 Å². The maximum atomic E-state index is 12.3. The van der Waals surface area contributed by atoms with E-state index in [0.717, 1.165) is 11.4 Å². The van der Waals surface area contributed by atoms with Crippen molar-refractivity contribution in [3.8, 4) is 11.5 Å². The molecule has 0 radical (unpaired) electrons. The number of amides is 2. The average Bonchev–Trinajstić information content (AvgIpc) is 2.97. The second kappa shape index (κ2) is 8.18. The lowest BCUT2D eigenvalue weighted by Crippen LogP contribution is -2.43. The van der Waals surface area contributed by atoms with Gasteiger partial charge in [0, 0.05) is 11.3 Å². The summed E-state index contributed by atoms with van der Waals surface area (Å²) in [6.45, 7) is 3.74. The van der Waals surface area contributed by atoms with Gasteiger partial charge in [-0.3, -0.25) is 25.1 Å². The van der Waals surface area contributed by atoms with Crippen LogP contribution in [0.1, 0.15) is 21.7 Å². The Morgan fingerprint density at radius 2 is 1.70 bits per heavy atom. The maximum Gasteiger partial charge on any atom is 0.269 e. The van der Waals surface area contributed by atoms with E-state index in [9.17, 15) is 9.59 Å². The number of hydrogen-bond acceptors (Lipinski definition) is 4. The Morgan fingerprint density at radius 3 is 2.41 bits per heavy atom. The number of nitrogens with zero attached hydrogens (tertiary/aromatic N) is 2. The van der Waals surface area contributed by atoms with E-state index in [1.54, 1.807) is 28.9 Å². The number of nitrogens with one attached hydrogen (secondary N) is 2. The molecule has 0 saturated heterocycles. The number of rotatable bonds is 5. The van der Waals surface area contributed by atoms with Gasteiger partial charge in [-0.15, -0.1) is 0 Å². The quantitative estimate of drug-likeness (QED) is 0.682. The molecule has 2 aromatic carbocycles. The van der Waals surface area contributed by atoms with Crippen LogP contribution in [0.15, 0.2) is 60.7 Å². The zero-order valence-corrected chi connectivity index (χ0v) is 15.1. The highest BCUT2D eigenvalue weighted by atomic mass is 16.5. The number of carbonyl (C=O) groups is 2. The van der Waals surface area contributed by atoms with E-state index in [2.05, 4.69) is 16.0 Å². The molecule has 1 aromatic heterocycles. The lowest BCUT2D eigenvalue weighted by Gasteiger charge is -2.10.